The van der Waals surface area contributed by atoms with Crippen LogP contribution in [0.3, 0.4) is 0 Å². The fraction of sp³-hybridized carbons (Fsp3) is 0.469. The van der Waals surface area contributed by atoms with E-state index < -0.39 is 0 Å². The Kier molecular flexibility index (Phi) is 27.6. The summed E-state index contributed by atoms with van der Waals surface area (Å²) in [6, 6.07) is 25.1. The number of aromatic nitrogens is 1. The molecule has 1 nitrogen and oxygen atoms in total. The van der Waals surface area contributed by atoms with Crippen LogP contribution in [-0.2, 0) is 0 Å². The average Bonchev–Trinajstić information content (AvgIpc) is 2.90. The maximum atomic E-state index is 3.93. The molecule has 0 atom stereocenters. The second-order valence-corrected chi connectivity index (χ2v) is 7.57. The second kappa shape index (κ2) is 25.8. The van der Waals surface area contributed by atoms with E-state index in [0.717, 1.165) is 0 Å². The first kappa shape index (κ1) is 35.2. The minimum atomic E-state index is 0.619. The van der Waals surface area contributed by atoms with E-state index in [2.05, 4.69) is 95.1 Å². The van der Waals surface area contributed by atoms with Crippen molar-refractivity contribution < 1.29 is 0 Å². The predicted molar refractivity (Wildman–Crippen MR) is 153 cm³/mol. The van der Waals surface area contributed by atoms with Crippen LogP contribution in [-0.4, -0.2) is 4.98 Å². The van der Waals surface area contributed by atoms with Gasteiger partial charge in [0.2, 0.25) is 0 Å². The van der Waals surface area contributed by atoms with Gasteiger partial charge < -0.3 is 0 Å². The van der Waals surface area contributed by atoms with Gasteiger partial charge in [0, 0.05) is 12.4 Å². The molecular formula is C32H53N. The van der Waals surface area contributed by atoms with Crippen molar-refractivity contribution in [3.05, 3.63) is 102 Å². The van der Waals surface area contributed by atoms with E-state index in [1.54, 1.807) is 0 Å². The highest BCUT2D eigenvalue weighted by Gasteiger charge is 1.95. The van der Waals surface area contributed by atoms with E-state index >= 15 is 0 Å². The van der Waals surface area contributed by atoms with E-state index in [4.69, 9.17) is 0 Å². The van der Waals surface area contributed by atoms with Crippen LogP contribution in [0.4, 0.5) is 0 Å². The van der Waals surface area contributed by atoms with Crippen molar-refractivity contribution in [3.63, 3.8) is 0 Å². The maximum Gasteiger partial charge on any atom is 0.0270 e. The molecule has 3 rings (SSSR count). The van der Waals surface area contributed by atoms with Crippen molar-refractivity contribution in [2.24, 2.45) is 0 Å². The maximum absolute atomic E-state index is 3.93. The van der Waals surface area contributed by atoms with Crippen LogP contribution in [0.15, 0.2) is 85.2 Å². The summed E-state index contributed by atoms with van der Waals surface area (Å²) in [5.74, 6) is 1.94. The number of hydrogen-bond acceptors (Lipinski definition) is 1. The van der Waals surface area contributed by atoms with Gasteiger partial charge in [-0.25, -0.2) is 0 Å². The molecule has 186 valence electrons. The summed E-state index contributed by atoms with van der Waals surface area (Å²) >= 11 is 0. The average molecular weight is 452 g/mol. The van der Waals surface area contributed by atoms with E-state index in [-0.39, 0.29) is 0 Å². The molecule has 0 saturated carbocycles. The van der Waals surface area contributed by atoms with Crippen molar-refractivity contribution in [1.29, 1.82) is 0 Å². The number of rotatable bonds is 3. The van der Waals surface area contributed by atoms with Gasteiger partial charge in [-0.15, -0.1) is 0 Å². The highest BCUT2D eigenvalue weighted by atomic mass is 14.6. The third-order valence-electron chi connectivity index (χ3n) is 4.31. The molecule has 0 aliphatic heterocycles. The molecule has 0 saturated heterocycles. The Morgan fingerprint density at radius 1 is 0.394 bits per heavy atom. The number of nitrogens with zero attached hydrogens (tertiary/aromatic N) is 1. The molecule has 0 bridgehead atoms. The molecule has 0 aliphatic rings. The lowest BCUT2D eigenvalue weighted by Gasteiger charge is -2.01. The fourth-order valence-corrected chi connectivity index (χ4v) is 2.42. The van der Waals surface area contributed by atoms with E-state index in [1.807, 2.05) is 78.2 Å². The molecule has 0 N–H and O–H groups in total. The molecule has 1 heteroatoms. The summed E-state index contributed by atoms with van der Waals surface area (Å²) in [4.78, 5) is 3.93. The molecule has 0 unspecified atom stereocenters. The fourth-order valence-electron chi connectivity index (χ4n) is 2.42. The zero-order valence-electron chi connectivity index (χ0n) is 23.8. The molecule has 3 aromatic rings. The van der Waals surface area contributed by atoms with Gasteiger partial charge in [-0.3, -0.25) is 4.98 Å². The summed E-state index contributed by atoms with van der Waals surface area (Å²) in [5, 5.41) is 0. The minimum Gasteiger partial charge on any atom is -0.265 e. The topological polar surface area (TPSA) is 12.9 Å². The van der Waals surface area contributed by atoms with Gasteiger partial charge in [-0.05, 0) is 46.6 Å². The summed E-state index contributed by atoms with van der Waals surface area (Å²) in [6.07, 6.45) is 3.66. The molecule has 0 fully saturated rings. The summed E-state index contributed by atoms with van der Waals surface area (Å²) in [5.41, 5.74) is 4.18. The highest BCUT2D eigenvalue weighted by Crippen LogP contribution is 2.12. The van der Waals surface area contributed by atoms with E-state index in [9.17, 15) is 0 Å². The van der Waals surface area contributed by atoms with E-state index in [1.165, 1.54) is 16.7 Å². The normalized spacial score (nSPS) is 8.82. The Hall–Kier alpha value is -2.41. The van der Waals surface area contributed by atoms with Crippen LogP contribution < -0.4 is 0 Å². The molecule has 1 heterocycles. The van der Waals surface area contributed by atoms with E-state index in [0.29, 0.717) is 17.8 Å². The van der Waals surface area contributed by atoms with Gasteiger partial charge in [0.05, 0.1) is 0 Å². The van der Waals surface area contributed by atoms with Gasteiger partial charge in [-0.1, -0.05) is 144 Å². The van der Waals surface area contributed by atoms with Gasteiger partial charge >= 0.3 is 0 Å². The molecule has 1 aromatic heterocycles. The molecule has 2 aromatic carbocycles. The van der Waals surface area contributed by atoms with Crippen molar-refractivity contribution in [3.8, 4) is 0 Å². The van der Waals surface area contributed by atoms with Crippen LogP contribution in [0.1, 0.15) is 118 Å². The lowest BCUT2D eigenvalue weighted by Crippen LogP contribution is -1.85. The number of hydrogen-bond donors (Lipinski definition) is 0. The van der Waals surface area contributed by atoms with Gasteiger partial charge in [-0.2, -0.15) is 0 Å². The van der Waals surface area contributed by atoms with Crippen molar-refractivity contribution in [1.82, 2.24) is 4.98 Å². The van der Waals surface area contributed by atoms with Crippen LogP contribution in [0, 0.1) is 0 Å². The van der Waals surface area contributed by atoms with Gasteiger partial charge in [0.25, 0.3) is 0 Å². The Morgan fingerprint density at radius 2 is 0.636 bits per heavy atom. The number of pyridine rings is 1. The highest BCUT2D eigenvalue weighted by molar-refractivity contribution is 5.18. The van der Waals surface area contributed by atoms with Crippen molar-refractivity contribution in [2.75, 3.05) is 0 Å². The first-order chi connectivity index (χ1) is 15.9. The standard InChI is InChI=1S/2C9H12.C8H11N.3C2H6/c2*1-8(2)9-6-4-3-5-7-9;1-7(2)8-3-5-9-6-4-8;3*1-2/h2*3-8H,1-2H3;3-7H,1-2H3;3*1-2H3. The first-order valence-electron chi connectivity index (χ1n) is 12.9. The summed E-state index contributed by atoms with van der Waals surface area (Å²) in [7, 11) is 0. The molecule has 33 heavy (non-hydrogen) atoms. The Morgan fingerprint density at radius 3 is 0.818 bits per heavy atom. The summed E-state index contributed by atoms with van der Waals surface area (Å²) < 4.78 is 0. The lowest BCUT2D eigenvalue weighted by atomic mass is 10.0. The third kappa shape index (κ3) is 20.0. The third-order valence-corrected chi connectivity index (χ3v) is 4.31. The predicted octanol–water partition coefficient (Wildman–Crippen LogP) is 10.9. The zero-order chi connectivity index (χ0) is 26.1. The molecule has 0 aliphatic carbocycles. The molecule has 0 spiro atoms. The van der Waals surface area contributed by atoms with Crippen molar-refractivity contribution in [2.45, 2.75) is 101 Å². The zero-order valence-corrected chi connectivity index (χ0v) is 23.8. The van der Waals surface area contributed by atoms with Crippen molar-refractivity contribution >= 4 is 0 Å². The molecule has 0 amide bonds. The van der Waals surface area contributed by atoms with Crippen LogP contribution in [0.25, 0.3) is 0 Å². The van der Waals surface area contributed by atoms with Crippen LogP contribution >= 0.6 is 0 Å². The Bertz CT molecular complexity index is 598. The van der Waals surface area contributed by atoms with Gasteiger partial charge in [0.1, 0.15) is 0 Å². The van der Waals surface area contributed by atoms with Crippen LogP contribution in [0.5, 0.6) is 0 Å². The summed E-state index contributed by atoms with van der Waals surface area (Å²) in [6.45, 7) is 25.2. The first-order valence-corrected chi connectivity index (χ1v) is 12.9. The molecule has 0 radical (unpaired) electrons. The van der Waals surface area contributed by atoms with Gasteiger partial charge in [0.15, 0.2) is 0 Å². The minimum absolute atomic E-state index is 0.619. The second-order valence-electron chi connectivity index (χ2n) is 7.57. The smallest absolute Gasteiger partial charge is 0.0270 e. The van der Waals surface area contributed by atoms with Crippen LogP contribution in [0.2, 0.25) is 0 Å². The largest absolute Gasteiger partial charge is 0.265 e. The SMILES string of the molecule is CC.CC.CC.CC(C)c1ccccc1.CC(C)c1ccccc1.CC(C)c1ccncc1. The Balaban J connectivity index is -0.000000367. The monoisotopic (exact) mass is 451 g/mol. The quantitative estimate of drug-likeness (QED) is 0.386. The Labute approximate surface area is 207 Å². The molecular weight excluding hydrogens is 398 g/mol. The lowest BCUT2D eigenvalue weighted by molar-refractivity contribution is 0.863. The number of benzene rings is 2.